The molecule has 0 aliphatic heterocycles. The van der Waals surface area contributed by atoms with E-state index in [2.05, 4.69) is 6.58 Å². The molecule has 0 atom stereocenters. The second kappa shape index (κ2) is 12.0. The average molecular weight is 248 g/mol. The van der Waals surface area contributed by atoms with Gasteiger partial charge in [0.1, 0.15) is 0 Å². The number of allylic oxidation sites excluding steroid dienone is 1. The Bertz CT molecular complexity index is 317. The summed E-state index contributed by atoms with van der Waals surface area (Å²) in [4.78, 5) is 10.9. The van der Waals surface area contributed by atoms with Crippen LogP contribution in [0.4, 0.5) is 0 Å². The lowest BCUT2D eigenvalue weighted by Crippen LogP contribution is -2.00. The molecular formula is C15H24N2O. The highest BCUT2D eigenvalue weighted by atomic mass is 16.1. The molecule has 0 spiro atoms. The first-order chi connectivity index (χ1) is 8.76. The first-order valence-corrected chi connectivity index (χ1v) is 6.38. The lowest BCUT2D eigenvalue weighted by Gasteiger charge is -1.94. The van der Waals surface area contributed by atoms with E-state index in [9.17, 15) is 4.79 Å². The monoisotopic (exact) mass is 248 g/mol. The van der Waals surface area contributed by atoms with E-state index < -0.39 is 0 Å². The zero-order valence-corrected chi connectivity index (χ0v) is 11.0. The molecule has 3 nitrogen and oxygen atoms in total. The van der Waals surface area contributed by atoms with Crippen molar-refractivity contribution < 1.29 is 4.79 Å². The van der Waals surface area contributed by atoms with E-state index in [4.69, 9.17) is 11.5 Å². The number of rotatable bonds is 7. The van der Waals surface area contributed by atoms with Crippen LogP contribution >= 0.6 is 0 Å². The molecule has 1 aromatic rings. The minimum atomic E-state index is -0.0272. The first-order valence-electron chi connectivity index (χ1n) is 6.38. The van der Waals surface area contributed by atoms with Gasteiger partial charge in [-0.3, -0.25) is 4.79 Å². The van der Waals surface area contributed by atoms with Gasteiger partial charge in [0.25, 0.3) is 0 Å². The normalized spacial score (nSPS) is 9.22. The van der Waals surface area contributed by atoms with Gasteiger partial charge in [-0.25, -0.2) is 0 Å². The second-order valence-electron chi connectivity index (χ2n) is 3.93. The van der Waals surface area contributed by atoms with E-state index in [-0.39, 0.29) is 5.78 Å². The highest BCUT2D eigenvalue weighted by Crippen LogP contribution is 1.99. The molecule has 4 N–H and O–H groups in total. The summed E-state index contributed by atoms with van der Waals surface area (Å²) < 4.78 is 0. The molecule has 0 radical (unpaired) electrons. The smallest absolute Gasteiger partial charge is 0.185 e. The molecule has 1 rings (SSSR count). The van der Waals surface area contributed by atoms with Crippen molar-refractivity contribution in [1.29, 1.82) is 0 Å². The van der Waals surface area contributed by atoms with E-state index in [0.29, 0.717) is 5.56 Å². The Labute approximate surface area is 110 Å². The first kappa shape index (κ1) is 16.6. The maximum absolute atomic E-state index is 10.9. The van der Waals surface area contributed by atoms with Crippen LogP contribution < -0.4 is 11.5 Å². The largest absolute Gasteiger partial charge is 0.330 e. The van der Waals surface area contributed by atoms with Gasteiger partial charge in [-0.2, -0.15) is 0 Å². The summed E-state index contributed by atoms with van der Waals surface area (Å²) in [5, 5.41) is 0. The van der Waals surface area contributed by atoms with Crippen molar-refractivity contribution in [1.82, 2.24) is 0 Å². The molecule has 1 aromatic carbocycles. The summed E-state index contributed by atoms with van der Waals surface area (Å²) in [7, 11) is 0. The zero-order chi connectivity index (χ0) is 13.6. The molecule has 100 valence electrons. The predicted octanol–water partition coefficient (Wildman–Crippen LogP) is 2.52. The highest BCUT2D eigenvalue weighted by Gasteiger charge is 1.95. The fourth-order valence-corrected chi connectivity index (χ4v) is 1.36. The van der Waals surface area contributed by atoms with Gasteiger partial charge >= 0.3 is 0 Å². The third-order valence-electron chi connectivity index (χ3n) is 2.40. The number of benzene rings is 1. The van der Waals surface area contributed by atoms with Crippen LogP contribution in [0.3, 0.4) is 0 Å². The molecular weight excluding hydrogens is 224 g/mol. The summed E-state index contributed by atoms with van der Waals surface area (Å²) in [6.07, 6.45) is 6.11. The summed E-state index contributed by atoms with van der Waals surface area (Å²) in [6, 6.07) is 9.07. The van der Waals surface area contributed by atoms with Crippen LogP contribution in [0.2, 0.25) is 0 Å². The molecule has 0 aromatic heterocycles. The molecule has 0 saturated heterocycles. The summed E-state index contributed by atoms with van der Waals surface area (Å²) >= 11 is 0. The van der Waals surface area contributed by atoms with Gasteiger partial charge in [0.05, 0.1) is 0 Å². The Morgan fingerprint density at radius 1 is 1.00 bits per heavy atom. The van der Waals surface area contributed by atoms with Crippen LogP contribution in [0.5, 0.6) is 0 Å². The zero-order valence-electron chi connectivity index (χ0n) is 11.0. The third-order valence-corrected chi connectivity index (χ3v) is 2.40. The van der Waals surface area contributed by atoms with E-state index in [1.165, 1.54) is 18.9 Å². The van der Waals surface area contributed by atoms with Gasteiger partial charge in [0, 0.05) is 5.56 Å². The van der Waals surface area contributed by atoms with Gasteiger partial charge in [-0.1, -0.05) is 49.8 Å². The number of hydrogen-bond acceptors (Lipinski definition) is 3. The Morgan fingerprint density at radius 2 is 1.50 bits per heavy atom. The van der Waals surface area contributed by atoms with Gasteiger partial charge < -0.3 is 11.5 Å². The topological polar surface area (TPSA) is 69.1 Å². The van der Waals surface area contributed by atoms with Gasteiger partial charge in [-0.15, -0.1) is 0 Å². The summed E-state index contributed by atoms with van der Waals surface area (Å²) in [6.45, 7) is 5.04. The van der Waals surface area contributed by atoms with Gasteiger partial charge in [0.2, 0.25) is 0 Å². The molecule has 0 bridgehead atoms. The van der Waals surface area contributed by atoms with Crippen LogP contribution in [0, 0.1) is 0 Å². The molecule has 0 unspecified atom stereocenters. The molecule has 0 heterocycles. The van der Waals surface area contributed by atoms with Crippen LogP contribution in [0.1, 0.15) is 36.0 Å². The Hall–Kier alpha value is -1.45. The maximum atomic E-state index is 10.9. The minimum Gasteiger partial charge on any atom is -0.330 e. The number of carbonyl (C=O) groups is 1. The van der Waals surface area contributed by atoms with Crippen molar-refractivity contribution in [2.24, 2.45) is 11.5 Å². The lowest BCUT2D eigenvalue weighted by molar-refractivity contribution is 0.104. The number of unbranched alkanes of at least 4 members (excludes halogenated alkanes) is 3. The summed E-state index contributed by atoms with van der Waals surface area (Å²) in [5.41, 5.74) is 11.3. The fraction of sp³-hybridized carbons (Fsp3) is 0.400. The van der Waals surface area contributed by atoms with Crippen LogP contribution in [0.15, 0.2) is 43.0 Å². The van der Waals surface area contributed by atoms with Crippen molar-refractivity contribution in [3.63, 3.8) is 0 Å². The van der Waals surface area contributed by atoms with Gasteiger partial charge in [-0.05, 0) is 32.0 Å². The Morgan fingerprint density at radius 3 is 1.89 bits per heavy atom. The second-order valence-corrected chi connectivity index (χ2v) is 3.93. The third kappa shape index (κ3) is 8.67. The fourth-order valence-electron chi connectivity index (χ4n) is 1.36. The van der Waals surface area contributed by atoms with Crippen molar-refractivity contribution in [2.45, 2.75) is 25.7 Å². The van der Waals surface area contributed by atoms with Crippen molar-refractivity contribution in [2.75, 3.05) is 13.1 Å². The number of nitrogens with two attached hydrogens (primary N) is 2. The molecule has 3 heteroatoms. The van der Waals surface area contributed by atoms with Crippen molar-refractivity contribution in [3.8, 4) is 0 Å². The quantitative estimate of drug-likeness (QED) is 0.442. The van der Waals surface area contributed by atoms with E-state index >= 15 is 0 Å². The molecule has 18 heavy (non-hydrogen) atoms. The minimum absolute atomic E-state index is 0.0272. The van der Waals surface area contributed by atoms with E-state index in [1.54, 1.807) is 12.1 Å². The highest BCUT2D eigenvalue weighted by molar-refractivity contribution is 6.04. The number of carbonyl (C=O) groups excluding carboxylic acids is 1. The van der Waals surface area contributed by atoms with Crippen molar-refractivity contribution in [3.05, 3.63) is 48.6 Å². The number of ketones is 1. The Balaban J connectivity index is 0.000000331. The van der Waals surface area contributed by atoms with Crippen LogP contribution in [0.25, 0.3) is 0 Å². The van der Waals surface area contributed by atoms with E-state index in [1.807, 2.05) is 18.2 Å². The van der Waals surface area contributed by atoms with Crippen LogP contribution in [-0.4, -0.2) is 18.9 Å². The lowest BCUT2D eigenvalue weighted by atomic mass is 10.1. The Kier molecular flexibility index (Phi) is 11.1. The molecule has 0 fully saturated rings. The molecule has 0 aliphatic carbocycles. The summed E-state index contributed by atoms with van der Waals surface area (Å²) in [5.74, 6) is -0.0272. The molecule has 0 saturated carbocycles. The van der Waals surface area contributed by atoms with Crippen molar-refractivity contribution >= 4 is 5.78 Å². The SMILES string of the molecule is C=CC(=O)c1ccccc1.NCCCCCCN. The van der Waals surface area contributed by atoms with Crippen LogP contribution in [-0.2, 0) is 0 Å². The van der Waals surface area contributed by atoms with E-state index in [0.717, 1.165) is 25.9 Å². The predicted molar refractivity (Wildman–Crippen MR) is 77.5 cm³/mol. The molecule has 0 aliphatic rings. The maximum Gasteiger partial charge on any atom is 0.185 e. The average Bonchev–Trinajstić information content (AvgIpc) is 2.44. The number of hydrogen-bond donors (Lipinski definition) is 2. The van der Waals surface area contributed by atoms with Gasteiger partial charge in [0.15, 0.2) is 5.78 Å². The standard InChI is InChI=1S/C9H8O.C6H16N2/c1-2-9(10)8-6-4-3-5-7-8;7-5-3-1-2-4-6-8/h2-7H,1H2;1-8H2. The molecule has 0 amide bonds.